The number of hydrazone groups is 1. The number of benzene rings is 2. The number of aromatic nitrogens is 1. The molecule has 0 radical (unpaired) electrons. The van der Waals surface area contributed by atoms with Crippen LogP contribution in [0.5, 0.6) is 5.75 Å². The Bertz CT molecular complexity index is 1030. The molecule has 1 N–H and O–H groups in total. The number of pyridine rings is 1. The van der Waals surface area contributed by atoms with Crippen molar-refractivity contribution in [1.29, 1.82) is 0 Å². The first-order chi connectivity index (χ1) is 13.5. The first kappa shape index (κ1) is 19.4. The summed E-state index contributed by atoms with van der Waals surface area (Å²) in [4.78, 5) is 14.4. The van der Waals surface area contributed by atoms with Crippen LogP contribution in [0, 0.1) is 15.9 Å². The van der Waals surface area contributed by atoms with Crippen LogP contribution in [0.4, 0.5) is 15.9 Å². The Hall–Kier alpha value is -3.33. The summed E-state index contributed by atoms with van der Waals surface area (Å²) in [5, 5.41) is 15.0. The average Bonchev–Trinajstić information content (AvgIpc) is 2.69. The number of nitrogens with one attached hydrogen (secondary N) is 1. The second-order valence-corrected chi connectivity index (χ2v) is 6.48. The Labute approximate surface area is 168 Å². The fourth-order valence-electron chi connectivity index (χ4n) is 2.32. The van der Waals surface area contributed by atoms with Gasteiger partial charge in [-0.2, -0.15) is 5.10 Å². The number of nitrogens with zero attached hydrogens (tertiary/aromatic N) is 3. The second-order valence-electron chi connectivity index (χ2n) is 5.56. The van der Waals surface area contributed by atoms with E-state index in [4.69, 9.17) is 4.74 Å². The zero-order chi connectivity index (χ0) is 19.9. The van der Waals surface area contributed by atoms with E-state index in [2.05, 4.69) is 31.4 Å². The summed E-state index contributed by atoms with van der Waals surface area (Å²) in [5.74, 6) is 0.152. The van der Waals surface area contributed by atoms with Gasteiger partial charge in [-0.25, -0.2) is 9.37 Å². The number of halogens is 2. The average molecular weight is 445 g/mol. The molecule has 0 aliphatic carbocycles. The Balaban J connectivity index is 1.77. The molecular weight excluding hydrogens is 431 g/mol. The van der Waals surface area contributed by atoms with E-state index < -0.39 is 4.92 Å². The van der Waals surface area contributed by atoms with E-state index in [-0.39, 0.29) is 23.9 Å². The monoisotopic (exact) mass is 444 g/mol. The van der Waals surface area contributed by atoms with Crippen molar-refractivity contribution in [2.45, 2.75) is 6.61 Å². The van der Waals surface area contributed by atoms with Gasteiger partial charge in [0.2, 0.25) is 5.82 Å². The molecule has 0 saturated carbocycles. The molecule has 0 spiro atoms. The molecule has 0 atom stereocenters. The third kappa shape index (κ3) is 4.89. The van der Waals surface area contributed by atoms with Crippen LogP contribution >= 0.6 is 15.9 Å². The van der Waals surface area contributed by atoms with Gasteiger partial charge < -0.3 is 4.74 Å². The maximum atomic E-state index is 13.8. The Kier molecular flexibility index (Phi) is 6.28. The predicted molar refractivity (Wildman–Crippen MR) is 107 cm³/mol. The van der Waals surface area contributed by atoms with Crippen molar-refractivity contribution in [3.8, 4) is 5.75 Å². The molecule has 1 aromatic heterocycles. The summed E-state index contributed by atoms with van der Waals surface area (Å²) < 4.78 is 20.3. The van der Waals surface area contributed by atoms with E-state index in [1.54, 1.807) is 36.4 Å². The number of hydrogen-bond acceptors (Lipinski definition) is 6. The topological polar surface area (TPSA) is 89.7 Å². The van der Waals surface area contributed by atoms with Crippen LogP contribution in [0.3, 0.4) is 0 Å². The molecule has 0 bridgehead atoms. The van der Waals surface area contributed by atoms with Gasteiger partial charge in [0, 0.05) is 27.9 Å². The number of ether oxygens (including phenoxy) is 1. The summed E-state index contributed by atoms with van der Waals surface area (Å²) in [5.41, 5.74) is 3.39. The minimum atomic E-state index is -0.549. The van der Waals surface area contributed by atoms with Crippen LogP contribution in [-0.2, 0) is 6.61 Å². The maximum absolute atomic E-state index is 13.8. The zero-order valence-electron chi connectivity index (χ0n) is 14.4. The van der Waals surface area contributed by atoms with Gasteiger partial charge in [-0.1, -0.05) is 34.1 Å². The van der Waals surface area contributed by atoms with Gasteiger partial charge in [-0.3, -0.25) is 15.5 Å². The zero-order valence-corrected chi connectivity index (χ0v) is 16.0. The molecule has 0 aliphatic rings. The normalized spacial score (nSPS) is 10.8. The molecule has 0 fully saturated rings. The highest BCUT2D eigenvalue weighted by Gasteiger charge is 2.13. The van der Waals surface area contributed by atoms with Crippen LogP contribution in [0.2, 0.25) is 0 Å². The fourth-order valence-corrected chi connectivity index (χ4v) is 2.69. The molecular formula is C19H14BrFN4O3. The van der Waals surface area contributed by atoms with Gasteiger partial charge in [-0.15, -0.1) is 0 Å². The number of nitro groups is 1. The first-order valence-corrected chi connectivity index (χ1v) is 8.88. The second kappa shape index (κ2) is 9.05. The van der Waals surface area contributed by atoms with Crippen molar-refractivity contribution in [3.05, 3.63) is 92.3 Å². The van der Waals surface area contributed by atoms with Gasteiger partial charge in [0.05, 0.1) is 11.1 Å². The van der Waals surface area contributed by atoms with Crippen LogP contribution in [-0.4, -0.2) is 16.1 Å². The summed E-state index contributed by atoms with van der Waals surface area (Å²) in [6.07, 6.45) is 2.87. The molecule has 0 unspecified atom stereocenters. The van der Waals surface area contributed by atoms with E-state index in [1.165, 1.54) is 30.6 Å². The fraction of sp³-hybridized carbons (Fsp3) is 0.0526. The molecule has 7 nitrogen and oxygen atoms in total. The standard InChI is InChI=1S/C19H14BrFN4O3/c20-15-7-8-18(28-12-13-4-1-2-5-16(13)21)14(10-15)11-23-24-19-17(25(26)27)6-3-9-22-19/h1-11H,12H2,(H,22,24)/b23-11-. The quantitative estimate of drug-likeness (QED) is 0.317. The van der Waals surface area contributed by atoms with Gasteiger partial charge >= 0.3 is 5.69 Å². The van der Waals surface area contributed by atoms with E-state index >= 15 is 0 Å². The molecule has 9 heteroatoms. The summed E-state index contributed by atoms with van der Waals surface area (Å²) in [6, 6.07) is 14.4. The summed E-state index contributed by atoms with van der Waals surface area (Å²) in [6.45, 7) is 0.0499. The third-order valence-corrected chi connectivity index (χ3v) is 4.16. The minimum Gasteiger partial charge on any atom is -0.488 e. The number of anilines is 1. The summed E-state index contributed by atoms with van der Waals surface area (Å²) in [7, 11) is 0. The maximum Gasteiger partial charge on any atom is 0.313 e. The highest BCUT2D eigenvalue weighted by atomic mass is 79.9. The summed E-state index contributed by atoms with van der Waals surface area (Å²) >= 11 is 3.37. The molecule has 3 aromatic rings. The van der Waals surface area contributed by atoms with Crippen molar-refractivity contribution in [2.75, 3.05) is 5.43 Å². The van der Waals surface area contributed by atoms with Gasteiger partial charge in [0.25, 0.3) is 0 Å². The third-order valence-electron chi connectivity index (χ3n) is 3.67. The highest BCUT2D eigenvalue weighted by molar-refractivity contribution is 9.10. The lowest BCUT2D eigenvalue weighted by Crippen LogP contribution is -2.02. The highest BCUT2D eigenvalue weighted by Crippen LogP contribution is 2.24. The van der Waals surface area contributed by atoms with Crippen LogP contribution in [0.1, 0.15) is 11.1 Å². The van der Waals surface area contributed by atoms with Gasteiger partial charge in [0.1, 0.15) is 18.2 Å². The molecule has 1 heterocycles. The van der Waals surface area contributed by atoms with Gasteiger partial charge in [0.15, 0.2) is 0 Å². The number of rotatable bonds is 7. The lowest BCUT2D eigenvalue weighted by molar-refractivity contribution is -0.384. The Morgan fingerprint density at radius 1 is 1.25 bits per heavy atom. The van der Waals surface area contributed by atoms with Crippen LogP contribution in [0.25, 0.3) is 0 Å². The van der Waals surface area contributed by atoms with E-state index in [9.17, 15) is 14.5 Å². The first-order valence-electron chi connectivity index (χ1n) is 8.09. The molecule has 2 aromatic carbocycles. The van der Waals surface area contributed by atoms with Crippen molar-refractivity contribution >= 4 is 33.6 Å². The smallest absolute Gasteiger partial charge is 0.313 e. The van der Waals surface area contributed by atoms with Crippen LogP contribution in [0.15, 0.2) is 70.4 Å². The minimum absolute atomic E-state index is 0.0209. The Morgan fingerprint density at radius 2 is 2.07 bits per heavy atom. The lowest BCUT2D eigenvalue weighted by atomic mass is 10.2. The van der Waals surface area contributed by atoms with Crippen molar-refractivity contribution in [3.63, 3.8) is 0 Å². The molecule has 28 heavy (non-hydrogen) atoms. The van der Waals surface area contributed by atoms with E-state index in [1.807, 2.05) is 0 Å². The van der Waals surface area contributed by atoms with Crippen molar-refractivity contribution in [2.24, 2.45) is 5.10 Å². The van der Waals surface area contributed by atoms with E-state index in [0.29, 0.717) is 16.9 Å². The van der Waals surface area contributed by atoms with Crippen molar-refractivity contribution < 1.29 is 14.1 Å². The molecule has 0 aliphatic heterocycles. The molecule has 3 rings (SSSR count). The number of hydrogen-bond donors (Lipinski definition) is 1. The van der Waals surface area contributed by atoms with Gasteiger partial charge in [-0.05, 0) is 30.3 Å². The molecule has 0 saturated heterocycles. The molecule has 142 valence electrons. The van der Waals surface area contributed by atoms with E-state index in [0.717, 1.165) is 4.47 Å². The lowest BCUT2D eigenvalue weighted by Gasteiger charge is -2.10. The molecule has 0 amide bonds. The predicted octanol–water partition coefficient (Wildman–Crippen LogP) is 4.92. The SMILES string of the molecule is O=[N+]([O-])c1cccnc1N/N=C\c1cc(Br)ccc1OCc1ccccc1F. The van der Waals surface area contributed by atoms with Crippen LogP contribution < -0.4 is 10.2 Å². The van der Waals surface area contributed by atoms with Crippen molar-refractivity contribution in [1.82, 2.24) is 4.98 Å². The largest absolute Gasteiger partial charge is 0.488 e. The Morgan fingerprint density at radius 3 is 2.86 bits per heavy atom.